The fourth-order valence-electron chi connectivity index (χ4n) is 5.13. The van der Waals surface area contributed by atoms with E-state index in [9.17, 15) is 4.79 Å². The lowest BCUT2D eigenvalue weighted by Crippen LogP contribution is -2.48. The predicted octanol–water partition coefficient (Wildman–Crippen LogP) is 5.57. The van der Waals surface area contributed by atoms with Crippen LogP contribution in [0.2, 0.25) is 16.6 Å². The molecule has 0 spiro atoms. The summed E-state index contributed by atoms with van der Waals surface area (Å²) in [5.74, 6) is 0.613. The maximum Gasteiger partial charge on any atom is 0.200 e. The van der Waals surface area contributed by atoms with Crippen LogP contribution >= 0.6 is 0 Å². The van der Waals surface area contributed by atoms with Crippen LogP contribution in [0.4, 0.5) is 0 Å². The van der Waals surface area contributed by atoms with Gasteiger partial charge in [0.25, 0.3) is 0 Å². The number of hydrogen-bond donors (Lipinski definition) is 0. The number of carbonyl (C=O) groups excluding carboxylic acids is 1. The molecule has 2 rings (SSSR count). The minimum Gasteiger partial charge on any atom is -0.448 e. The van der Waals surface area contributed by atoms with E-state index >= 15 is 0 Å². The Kier molecular flexibility index (Phi) is 9.67. The van der Waals surface area contributed by atoms with Gasteiger partial charge in [0.2, 0.25) is 8.32 Å². The lowest BCUT2D eigenvalue weighted by atomic mass is 9.99. The molecule has 1 saturated heterocycles. The Bertz CT molecular complexity index is 706. The summed E-state index contributed by atoms with van der Waals surface area (Å²) >= 11 is 0. The Morgan fingerprint density at radius 2 is 1.84 bits per heavy atom. The van der Waals surface area contributed by atoms with E-state index in [-0.39, 0.29) is 12.2 Å². The highest BCUT2D eigenvalue weighted by atomic mass is 28.4. The van der Waals surface area contributed by atoms with Crippen molar-refractivity contribution in [1.82, 2.24) is 4.98 Å². The highest BCUT2D eigenvalue weighted by Crippen LogP contribution is 2.42. The van der Waals surface area contributed by atoms with Crippen LogP contribution in [0, 0.1) is 0 Å². The van der Waals surface area contributed by atoms with Crippen LogP contribution in [0.5, 0.6) is 0 Å². The van der Waals surface area contributed by atoms with E-state index in [2.05, 4.69) is 53.5 Å². The lowest BCUT2D eigenvalue weighted by Gasteiger charge is -2.42. The van der Waals surface area contributed by atoms with Gasteiger partial charge in [0.15, 0.2) is 5.89 Å². The summed E-state index contributed by atoms with van der Waals surface area (Å²) in [4.78, 5) is 15.8. The molecule has 0 aliphatic carbocycles. The topological polar surface area (TPSA) is 70.8 Å². The molecule has 3 atom stereocenters. The van der Waals surface area contributed by atoms with Gasteiger partial charge < -0.3 is 23.1 Å². The summed E-state index contributed by atoms with van der Waals surface area (Å²) in [6.45, 7) is 16.5. The van der Waals surface area contributed by atoms with Crippen LogP contribution in [0.1, 0.15) is 72.9 Å². The zero-order chi connectivity index (χ0) is 23.2. The van der Waals surface area contributed by atoms with Crippen molar-refractivity contribution < 1.29 is 23.1 Å². The lowest BCUT2D eigenvalue weighted by molar-refractivity contribution is -0.137. The third-order valence-corrected chi connectivity index (χ3v) is 12.6. The molecule has 176 valence electrons. The van der Waals surface area contributed by atoms with Crippen LogP contribution in [-0.4, -0.2) is 51.6 Å². The fourth-order valence-corrected chi connectivity index (χ4v) is 10.6. The Morgan fingerprint density at radius 3 is 2.39 bits per heavy atom. The zero-order valence-electron chi connectivity index (χ0n) is 20.5. The number of oxazole rings is 1. The average molecular weight is 452 g/mol. The third-order valence-electron chi connectivity index (χ3n) is 6.50. The Hall–Kier alpha value is -1.28. The molecule has 0 unspecified atom stereocenters. The first kappa shape index (κ1) is 26.0. The maximum absolute atomic E-state index is 11.2. The van der Waals surface area contributed by atoms with Crippen molar-refractivity contribution in [3.63, 3.8) is 0 Å². The Balaban J connectivity index is 2.01. The molecule has 1 fully saturated rings. The predicted molar refractivity (Wildman–Crippen MR) is 126 cm³/mol. The molecule has 31 heavy (non-hydrogen) atoms. The van der Waals surface area contributed by atoms with Gasteiger partial charge in [0, 0.05) is 20.0 Å². The summed E-state index contributed by atoms with van der Waals surface area (Å²) < 4.78 is 23.6. The monoisotopic (exact) mass is 451 g/mol. The molecule has 1 aliphatic rings. The van der Waals surface area contributed by atoms with Gasteiger partial charge in [-0.1, -0.05) is 41.5 Å². The largest absolute Gasteiger partial charge is 0.448 e. The van der Waals surface area contributed by atoms with Crippen LogP contribution in [0.15, 0.2) is 16.3 Å². The van der Waals surface area contributed by atoms with Gasteiger partial charge >= 0.3 is 0 Å². The molecule has 1 aromatic heterocycles. The number of ether oxygens (including phenoxy) is 2. The molecule has 0 radical (unpaired) electrons. The maximum atomic E-state index is 11.2. The Morgan fingerprint density at radius 1 is 1.19 bits per heavy atom. The summed E-state index contributed by atoms with van der Waals surface area (Å²) in [6, 6.07) is 0. The third kappa shape index (κ3) is 6.60. The second kappa shape index (κ2) is 11.5. The minimum atomic E-state index is -1.89. The first-order valence-corrected chi connectivity index (χ1v) is 13.6. The highest BCUT2D eigenvalue weighted by molar-refractivity contribution is 6.77. The zero-order valence-corrected chi connectivity index (χ0v) is 21.5. The summed E-state index contributed by atoms with van der Waals surface area (Å²) in [5.41, 5.74) is 3.59. The number of aldehydes is 1. The van der Waals surface area contributed by atoms with Gasteiger partial charge in [0.05, 0.1) is 25.2 Å². The van der Waals surface area contributed by atoms with E-state index < -0.39 is 14.4 Å². The summed E-state index contributed by atoms with van der Waals surface area (Å²) in [7, 11) is -0.224. The van der Waals surface area contributed by atoms with E-state index in [0.717, 1.165) is 24.0 Å². The van der Waals surface area contributed by atoms with Crippen molar-refractivity contribution >= 4 is 20.7 Å². The summed E-state index contributed by atoms with van der Waals surface area (Å²) in [5, 5.41) is 0. The molecule has 0 amide bonds. The van der Waals surface area contributed by atoms with Crippen molar-refractivity contribution in [2.45, 2.75) is 103 Å². The second-order valence-electron chi connectivity index (χ2n) is 9.73. The van der Waals surface area contributed by atoms with E-state index in [1.807, 2.05) is 6.08 Å². The number of carbonyl (C=O) groups is 1. The van der Waals surface area contributed by atoms with Gasteiger partial charge in [-0.05, 0) is 35.2 Å². The number of hydrogen-bond acceptors (Lipinski definition) is 6. The van der Waals surface area contributed by atoms with Crippen LogP contribution < -0.4 is 0 Å². The van der Waals surface area contributed by atoms with Crippen LogP contribution in [0.25, 0.3) is 6.08 Å². The molecule has 0 saturated carbocycles. The van der Waals surface area contributed by atoms with E-state index in [4.69, 9.17) is 18.3 Å². The quantitative estimate of drug-likeness (QED) is 0.323. The van der Waals surface area contributed by atoms with E-state index in [1.54, 1.807) is 13.4 Å². The molecule has 1 aromatic rings. The smallest absolute Gasteiger partial charge is 0.200 e. The molecule has 2 heterocycles. The molecule has 0 N–H and O–H groups in total. The minimum absolute atomic E-state index is 0.0231. The van der Waals surface area contributed by atoms with Gasteiger partial charge in [0.1, 0.15) is 24.3 Å². The van der Waals surface area contributed by atoms with Crippen molar-refractivity contribution in [3.8, 4) is 0 Å². The van der Waals surface area contributed by atoms with Gasteiger partial charge in [-0.25, -0.2) is 4.98 Å². The Labute approximate surface area is 188 Å². The molecule has 0 bridgehead atoms. The fraction of sp³-hybridized carbons (Fsp3) is 0.750. The number of methoxy groups -OCH3 is 1. The van der Waals surface area contributed by atoms with E-state index in [0.29, 0.717) is 42.0 Å². The van der Waals surface area contributed by atoms with E-state index in [1.165, 1.54) is 0 Å². The van der Waals surface area contributed by atoms with Crippen LogP contribution in [-0.2, 0) is 25.1 Å². The normalized spacial score (nSPS) is 23.2. The highest BCUT2D eigenvalue weighted by Gasteiger charge is 2.44. The summed E-state index contributed by atoms with van der Waals surface area (Å²) in [6.07, 6.45) is 5.86. The van der Waals surface area contributed by atoms with Gasteiger partial charge in [-0.2, -0.15) is 0 Å². The first-order valence-electron chi connectivity index (χ1n) is 11.5. The van der Waals surface area contributed by atoms with Crippen molar-refractivity contribution in [3.05, 3.63) is 23.4 Å². The second-order valence-corrected chi connectivity index (χ2v) is 15.2. The molecule has 6 nitrogen and oxygen atoms in total. The number of rotatable bonds is 11. The van der Waals surface area contributed by atoms with Crippen molar-refractivity contribution in [1.29, 1.82) is 0 Å². The average Bonchev–Trinajstić information content (AvgIpc) is 3.13. The molecule has 7 heteroatoms. The number of aromatic nitrogens is 1. The van der Waals surface area contributed by atoms with Gasteiger partial charge in [-0.15, -0.1) is 0 Å². The molecular formula is C24H41NO5Si. The molecule has 1 aliphatic heterocycles. The van der Waals surface area contributed by atoms with Gasteiger partial charge in [-0.3, -0.25) is 0 Å². The number of nitrogens with zero attached hydrogens (tertiary/aromatic N) is 1. The standard InChI is InChI=1S/C24H41NO5Si/c1-16(2)31(17(3)4,18(5)6)29-14-19(7)9-20-15-28-24(25-20)12-22-10-21(27-8)11-23(13-26)30-22/h9,13,15-18,21-23H,10-12,14H2,1-8H3/b19-9+/t21-,22-,23+/m0/s1. The van der Waals surface area contributed by atoms with Crippen molar-refractivity contribution in [2.75, 3.05) is 13.7 Å². The first-order chi connectivity index (χ1) is 14.6. The van der Waals surface area contributed by atoms with Crippen LogP contribution in [0.3, 0.4) is 0 Å². The SMILES string of the molecule is CO[C@H]1C[C@@H](Cc2nc(/C=C(\C)CO[Si](C(C)C)(C(C)C)C(C)C)co2)O[C@@H](C=O)C1. The molecular weight excluding hydrogens is 410 g/mol. The van der Waals surface area contributed by atoms with Crippen molar-refractivity contribution in [2.24, 2.45) is 0 Å². The molecule has 0 aromatic carbocycles.